The van der Waals surface area contributed by atoms with Crippen molar-refractivity contribution in [2.24, 2.45) is 0 Å². The van der Waals surface area contributed by atoms with Crippen molar-refractivity contribution >= 4 is 0 Å². The molecule has 3 nitrogen and oxygen atoms in total. The maximum absolute atomic E-state index is 5.57. The maximum Gasteiger partial charge on any atom is 0.162 e. The third kappa shape index (κ3) is 4.21. The van der Waals surface area contributed by atoms with E-state index in [4.69, 9.17) is 15.9 Å². The van der Waals surface area contributed by atoms with Crippen LogP contribution in [0.3, 0.4) is 0 Å². The molecule has 1 heterocycles. The van der Waals surface area contributed by atoms with Gasteiger partial charge in [0, 0.05) is 12.5 Å². The van der Waals surface area contributed by atoms with Crippen LogP contribution >= 0.6 is 0 Å². The lowest BCUT2D eigenvalue weighted by molar-refractivity contribution is -0.253. The molecule has 0 amide bonds. The van der Waals surface area contributed by atoms with E-state index in [-0.39, 0.29) is 6.04 Å². The zero-order valence-electron chi connectivity index (χ0n) is 9.88. The fraction of sp³-hybridized carbons (Fsp3) is 0.833. The summed E-state index contributed by atoms with van der Waals surface area (Å²) in [4.78, 5) is 0. The molecule has 1 atom stereocenters. The second-order valence-corrected chi connectivity index (χ2v) is 4.40. The van der Waals surface area contributed by atoms with E-state index in [2.05, 4.69) is 18.2 Å². The van der Waals surface area contributed by atoms with Crippen molar-refractivity contribution in [1.82, 2.24) is 5.32 Å². The second kappa shape index (κ2) is 5.50. The second-order valence-electron chi connectivity index (χ2n) is 4.40. The summed E-state index contributed by atoms with van der Waals surface area (Å²) in [5.41, 5.74) is 0. The lowest BCUT2D eigenvalue weighted by Gasteiger charge is -2.36. The molecule has 86 valence electrons. The van der Waals surface area contributed by atoms with Crippen LogP contribution in [0, 0.1) is 12.3 Å². The molecule has 1 rings (SSSR count). The predicted octanol–water partition coefficient (Wildman–Crippen LogP) is 1.53. The molecule has 1 N–H and O–H groups in total. The zero-order chi connectivity index (χ0) is 11.3. The van der Waals surface area contributed by atoms with Crippen LogP contribution in [-0.4, -0.2) is 31.1 Å². The Morgan fingerprint density at radius 1 is 1.47 bits per heavy atom. The molecule has 15 heavy (non-hydrogen) atoms. The summed E-state index contributed by atoms with van der Waals surface area (Å²) >= 11 is 0. The summed E-state index contributed by atoms with van der Waals surface area (Å²) in [6.45, 7) is 7.37. The Kier molecular flexibility index (Phi) is 4.59. The van der Waals surface area contributed by atoms with Crippen molar-refractivity contribution in [3.8, 4) is 12.3 Å². The number of hydrogen-bond donors (Lipinski definition) is 1. The van der Waals surface area contributed by atoms with Crippen LogP contribution < -0.4 is 5.32 Å². The third-order valence-corrected chi connectivity index (χ3v) is 2.59. The summed E-state index contributed by atoms with van der Waals surface area (Å²) in [7, 11) is 0. The summed E-state index contributed by atoms with van der Waals surface area (Å²) in [6.07, 6.45) is 7.09. The molecule has 1 aliphatic rings. The van der Waals surface area contributed by atoms with Crippen LogP contribution in [0.1, 0.15) is 33.6 Å². The molecule has 1 unspecified atom stereocenters. The molecule has 1 fully saturated rings. The van der Waals surface area contributed by atoms with Crippen LogP contribution in [0.4, 0.5) is 0 Å². The van der Waals surface area contributed by atoms with Crippen LogP contribution in [0.2, 0.25) is 0 Å². The molecule has 0 saturated carbocycles. The van der Waals surface area contributed by atoms with Crippen LogP contribution in [0.5, 0.6) is 0 Å². The lowest BCUT2D eigenvalue weighted by Crippen LogP contribution is -2.51. The molecule has 1 aliphatic heterocycles. The minimum absolute atomic E-state index is 0.260. The van der Waals surface area contributed by atoms with Gasteiger partial charge in [0.2, 0.25) is 0 Å². The summed E-state index contributed by atoms with van der Waals surface area (Å²) in [5, 5.41) is 3.45. The normalized spacial score (nSPS) is 23.3. The van der Waals surface area contributed by atoms with Crippen molar-refractivity contribution in [3.63, 3.8) is 0 Å². The number of hydrogen-bond acceptors (Lipinski definition) is 3. The molecule has 1 saturated heterocycles. The van der Waals surface area contributed by atoms with Gasteiger partial charge in [-0.1, -0.05) is 6.92 Å². The number of rotatable bonds is 4. The van der Waals surface area contributed by atoms with E-state index in [1.807, 2.05) is 13.8 Å². The maximum atomic E-state index is 5.57. The minimum atomic E-state index is -0.438. The Morgan fingerprint density at radius 2 is 2.07 bits per heavy atom. The average Bonchev–Trinajstić information content (AvgIpc) is 2.20. The van der Waals surface area contributed by atoms with E-state index >= 15 is 0 Å². The molecule has 0 aromatic rings. The van der Waals surface area contributed by atoms with Crippen LogP contribution in [0.25, 0.3) is 0 Å². The average molecular weight is 211 g/mol. The molecule has 0 aromatic heterocycles. The topological polar surface area (TPSA) is 30.5 Å². The summed E-state index contributed by atoms with van der Waals surface area (Å²) < 4.78 is 11.1. The van der Waals surface area contributed by atoms with Crippen molar-refractivity contribution < 1.29 is 9.47 Å². The largest absolute Gasteiger partial charge is 0.349 e. The van der Waals surface area contributed by atoms with Gasteiger partial charge in [0.05, 0.1) is 19.3 Å². The Morgan fingerprint density at radius 3 is 2.53 bits per heavy atom. The smallest absolute Gasteiger partial charge is 0.162 e. The van der Waals surface area contributed by atoms with E-state index in [0.717, 1.165) is 12.8 Å². The van der Waals surface area contributed by atoms with E-state index in [1.54, 1.807) is 0 Å². The van der Waals surface area contributed by atoms with Gasteiger partial charge < -0.3 is 14.8 Å². The molecule has 3 heteroatoms. The molecule has 0 bridgehead atoms. The van der Waals surface area contributed by atoms with Gasteiger partial charge in [0.1, 0.15) is 0 Å². The number of nitrogens with one attached hydrogen (secondary N) is 1. The Balaban J connectivity index is 2.31. The lowest BCUT2D eigenvalue weighted by atomic mass is 10.1. The highest BCUT2D eigenvalue weighted by Crippen LogP contribution is 2.17. The first-order chi connectivity index (χ1) is 7.07. The number of terminal acetylenes is 1. The Labute approximate surface area is 92.5 Å². The Bertz CT molecular complexity index is 222. The van der Waals surface area contributed by atoms with E-state index in [9.17, 15) is 0 Å². The van der Waals surface area contributed by atoms with Gasteiger partial charge >= 0.3 is 0 Å². The van der Waals surface area contributed by atoms with Gasteiger partial charge in [-0.2, -0.15) is 0 Å². The van der Waals surface area contributed by atoms with Gasteiger partial charge in [-0.05, 0) is 20.3 Å². The minimum Gasteiger partial charge on any atom is -0.349 e. The van der Waals surface area contributed by atoms with Gasteiger partial charge in [-0.15, -0.1) is 12.3 Å². The standard InChI is InChI=1S/C12H21NO2/c1-5-7-10(6-2)13-11-8-14-12(3,4)15-9-11/h1,10-11,13H,6-9H2,2-4H3. The van der Waals surface area contributed by atoms with Crippen LogP contribution in [-0.2, 0) is 9.47 Å². The fourth-order valence-electron chi connectivity index (χ4n) is 1.59. The fourth-order valence-corrected chi connectivity index (χ4v) is 1.59. The zero-order valence-corrected chi connectivity index (χ0v) is 9.88. The first-order valence-electron chi connectivity index (χ1n) is 5.55. The van der Waals surface area contributed by atoms with Gasteiger partial charge in [-0.3, -0.25) is 0 Å². The third-order valence-electron chi connectivity index (χ3n) is 2.59. The monoisotopic (exact) mass is 211 g/mol. The van der Waals surface area contributed by atoms with E-state index in [0.29, 0.717) is 19.3 Å². The van der Waals surface area contributed by atoms with E-state index in [1.165, 1.54) is 0 Å². The van der Waals surface area contributed by atoms with Crippen molar-refractivity contribution in [1.29, 1.82) is 0 Å². The van der Waals surface area contributed by atoms with Crippen molar-refractivity contribution in [3.05, 3.63) is 0 Å². The highest BCUT2D eigenvalue weighted by molar-refractivity contribution is 4.90. The quantitative estimate of drug-likeness (QED) is 0.715. The summed E-state index contributed by atoms with van der Waals surface area (Å²) in [5.74, 6) is 2.24. The highest BCUT2D eigenvalue weighted by atomic mass is 16.7. The Hall–Kier alpha value is -0.560. The molecule has 0 aliphatic carbocycles. The highest BCUT2D eigenvalue weighted by Gasteiger charge is 2.28. The van der Waals surface area contributed by atoms with Crippen molar-refractivity contribution in [2.45, 2.75) is 51.5 Å². The first-order valence-corrected chi connectivity index (χ1v) is 5.55. The summed E-state index contributed by atoms with van der Waals surface area (Å²) in [6, 6.07) is 0.629. The molecule has 0 aromatic carbocycles. The first kappa shape index (κ1) is 12.5. The molecular formula is C12H21NO2. The molecular weight excluding hydrogens is 190 g/mol. The molecule has 0 radical (unpaired) electrons. The van der Waals surface area contributed by atoms with Crippen LogP contribution in [0.15, 0.2) is 0 Å². The van der Waals surface area contributed by atoms with Crippen molar-refractivity contribution in [2.75, 3.05) is 13.2 Å². The number of ether oxygens (including phenoxy) is 2. The SMILES string of the molecule is C#CCC(CC)NC1COC(C)(C)OC1. The van der Waals surface area contributed by atoms with Gasteiger partial charge in [0.25, 0.3) is 0 Å². The molecule has 0 spiro atoms. The van der Waals surface area contributed by atoms with E-state index < -0.39 is 5.79 Å². The predicted molar refractivity (Wildman–Crippen MR) is 60.4 cm³/mol. The van der Waals surface area contributed by atoms with Gasteiger partial charge in [-0.25, -0.2) is 0 Å². The van der Waals surface area contributed by atoms with Gasteiger partial charge in [0.15, 0.2) is 5.79 Å².